The Hall–Kier alpha value is -3.71. The topological polar surface area (TPSA) is 161 Å². The van der Waals surface area contributed by atoms with Gasteiger partial charge in [0.15, 0.2) is 11.2 Å². The lowest BCUT2D eigenvalue weighted by atomic mass is 10.3. The van der Waals surface area contributed by atoms with E-state index >= 15 is 0 Å². The van der Waals surface area contributed by atoms with Crippen LogP contribution < -0.4 is 21.3 Å². The van der Waals surface area contributed by atoms with Gasteiger partial charge in [0.05, 0.1) is 11.5 Å². The lowest BCUT2D eigenvalue weighted by Crippen LogP contribution is -2.31. The van der Waals surface area contributed by atoms with Crippen LogP contribution in [0.3, 0.4) is 0 Å². The Kier molecular flexibility index (Phi) is 6.90. The zero-order valence-electron chi connectivity index (χ0n) is 17.9. The molecule has 0 saturated carbocycles. The molecule has 0 aliphatic carbocycles. The first-order valence-corrected chi connectivity index (χ1v) is 9.81. The van der Waals surface area contributed by atoms with Crippen LogP contribution in [0.1, 0.15) is 0 Å². The highest BCUT2D eigenvalue weighted by Crippen LogP contribution is 2.19. The molecule has 0 aliphatic heterocycles. The van der Waals surface area contributed by atoms with Crippen LogP contribution >= 0.6 is 0 Å². The maximum Gasteiger partial charge on any atom is 0.329 e. The first-order valence-electron chi connectivity index (χ1n) is 9.81. The maximum absolute atomic E-state index is 12.5. The number of fused-ring (bicyclic) bond motifs is 1. The van der Waals surface area contributed by atoms with Gasteiger partial charge in [-0.15, -0.1) is 0 Å². The molecule has 172 valence electrons. The lowest BCUT2D eigenvalue weighted by molar-refractivity contribution is -0.384. The zero-order chi connectivity index (χ0) is 23.4. The number of nitrogens with zero attached hydrogens (tertiary/aromatic N) is 5. The molecule has 1 unspecified atom stereocenters. The minimum Gasteiger partial charge on any atom is -0.491 e. The van der Waals surface area contributed by atoms with Crippen LogP contribution in [-0.2, 0) is 13.6 Å². The number of ether oxygens (including phenoxy) is 1. The number of nitro benzene ring substituents is 1. The molecule has 1 atom stereocenters. The van der Waals surface area contributed by atoms with Crippen molar-refractivity contribution in [2.45, 2.75) is 12.6 Å². The molecule has 3 aromatic rings. The summed E-state index contributed by atoms with van der Waals surface area (Å²) >= 11 is 0. The van der Waals surface area contributed by atoms with Crippen molar-refractivity contribution in [3.63, 3.8) is 0 Å². The van der Waals surface area contributed by atoms with Crippen LogP contribution in [-0.4, -0.2) is 73.9 Å². The third kappa shape index (κ3) is 5.12. The molecule has 13 heteroatoms. The van der Waals surface area contributed by atoms with Gasteiger partial charge in [-0.2, -0.15) is 4.98 Å². The van der Waals surface area contributed by atoms with Crippen LogP contribution in [0.4, 0.5) is 11.6 Å². The Balaban J connectivity index is 1.82. The van der Waals surface area contributed by atoms with Crippen molar-refractivity contribution >= 4 is 22.8 Å². The maximum atomic E-state index is 12.5. The van der Waals surface area contributed by atoms with Crippen molar-refractivity contribution in [2.75, 3.05) is 39.1 Å². The first-order chi connectivity index (χ1) is 15.2. The smallest absolute Gasteiger partial charge is 0.329 e. The van der Waals surface area contributed by atoms with Crippen molar-refractivity contribution in [2.24, 2.45) is 7.05 Å². The molecule has 0 amide bonds. The molecule has 2 aromatic heterocycles. The standard InChI is InChI=1S/C19H25N7O6/c1-23(2)9-8-20-18-21-16-15(17(28)22-19(29)24(16)3)25(18)10-13(27)11-32-14-6-4-12(5-7-14)26(30)31/h4-7,13,27H,8-11H2,1-3H3,(H,20,21)(H,22,28,29). The molecular formula is C19H25N7O6. The number of rotatable bonds is 10. The van der Waals surface area contributed by atoms with Gasteiger partial charge in [0.1, 0.15) is 18.5 Å². The monoisotopic (exact) mass is 447 g/mol. The van der Waals surface area contributed by atoms with E-state index in [4.69, 9.17) is 4.74 Å². The van der Waals surface area contributed by atoms with Crippen LogP contribution in [0.5, 0.6) is 5.75 Å². The summed E-state index contributed by atoms with van der Waals surface area (Å²) in [6.07, 6.45) is -1.03. The Labute approximate surface area is 182 Å². The summed E-state index contributed by atoms with van der Waals surface area (Å²) in [5, 5.41) is 24.4. The van der Waals surface area contributed by atoms with Gasteiger partial charge in [0.25, 0.3) is 11.2 Å². The third-order valence-corrected chi connectivity index (χ3v) is 4.73. The predicted octanol–water partition coefficient (Wildman–Crippen LogP) is -0.255. The van der Waals surface area contributed by atoms with Crippen molar-refractivity contribution < 1.29 is 14.8 Å². The molecule has 0 bridgehead atoms. The van der Waals surface area contributed by atoms with Gasteiger partial charge in [0, 0.05) is 32.3 Å². The molecule has 0 fully saturated rings. The fourth-order valence-corrected chi connectivity index (χ4v) is 3.06. The number of hydrogen-bond donors (Lipinski definition) is 3. The number of imidazole rings is 1. The van der Waals surface area contributed by atoms with Gasteiger partial charge in [-0.25, -0.2) is 4.79 Å². The number of hydrogen-bond acceptors (Lipinski definition) is 9. The average molecular weight is 447 g/mol. The summed E-state index contributed by atoms with van der Waals surface area (Å²) in [4.78, 5) is 43.2. The van der Waals surface area contributed by atoms with Gasteiger partial charge in [-0.1, -0.05) is 0 Å². The number of anilines is 1. The number of nitro groups is 1. The van der Waals surface area contributed by atoms with Gasteiger partial charge in [-0.3, -0.25) is 24.5 Å². The van der Waals surface area contributed by atoms with Crippen molar-refractivity contribution in [1.82, 2.24) is 24.0 Å². The largest absolute Gasteiger partial charge is 0.491 e. The van der Waals surface area contributed by atoms with E-state index in [9.17, 15) is 24.8 Å². The molecular weight excluding hydrogens is 422 g/mol. The third-order valence-electron chi connectivity index (χ3n) is 4.73. The molecule has 0 aliphatic rings. The van der Waals surface area contributed by atoms with Gasteiger partial charge < -0.3 is 24.6 Å². The number of aromatic nitrogens is 4. The molecule has 32 heavy (non-hydrogen) atoms. The molecule has 13 nitrogen and oxygen atoms in total. The van der Waals surface area contributed by atoms with Crippen LogP contribution in [0.25, 0.3) is 11.2 Å². The van der Waals surface area contributed by atoms with E-state index in [-0.39, 0.29) is 30.0 Å². The summed E-state index contributed by atoms with van der Waals surface area (Å²) in [6, 6.07) is 5.48. The first kappa shape index (κ1) is 23.0. The van der Waals surface area contributed by atoms with Crippen LogP contribution in [0.15, 0.2) is 33.9 Å². The van der Waals surface area contributed by atoms with E-state index in [1.807, 2.05) is 19.0 Å². The summed E-state index contributed by atoms with van der Waals surface area (Å²) < 4.78 is 8.25. The highest BCUT2D eigenvalue weighted by molar-refractivity contribution is 5.74. The quantitative estimate of drug-likeness (QED) is 0.281. The van der Waals surface area contributed by atoms with Crippen molar-refractivity contribution in [1.29, 1.82) is 0 Å². The summed E-state index contributed by atoms with van der Waals surface area (Å²) in [7, 11) is 5.33. The molecule has 3 N–H and O–H groups in total. The van der Waals surface area contributed by atoms with E-state index in [2.05, 4.69) is 15.3 Å². The Morgan fingerprint density at radius 1 is 1.31 bits per heavy atom. The number of aliphatic hydroxyl groups excluding tert-OH is 1. The Morgan fingerprint density at radius 2 is 2.00 bits per heavy atom. The summed E-state index contributed by atoms with van der Waals surface area (Å²) in [5.74, 6) is 0.692. The zero-order valence-corrected chi connectivity index (χ0v) is 17.9. The van der Waals surface area contributed by atoms with Crippen molar-refractivity contribution in [3.05, 3.63) is 55.2 Å². The highest BCUT2D eigenvalue weighted by Gasteiger charge is 2.20. The highest BCUT2D eigenvalue weighted by atomic mass is 16.6. The fourth-order valence-electron chi connectivity index (χ4n) is 3.06. The molecule has 0 saturated heterocycles. The molecule has 0 spiro atoms. The SMILES string of the molecule is CN(C)CCNc1nc2c(c(=O)[nH]c(=O)n2C)n1CC(O)COc1ccc([N+](=O)[O-])cc1. The van der Waals surface area contributed by atoms with Crippen LogP contribution in [0, 0.1) is 10.1 Å². The van der Waals surface area contributed by atoms with Crippen molar-refractivity contribution in [3.8, 4) is 5.75 Å². The minimum absolute atomic E-state index is 0.0327. The number of nitrogens with one attached hydrogen (secondary N) is 2. The second-order valence-electron chi connectivity index (χ2n) is 7.48. The number of likely N-dealkylation sites (N-methyl/N-ethyl adjacent to an activating group) is 1. The van der Waals surface area contributed by atoms with Gasteiger partial charge in [-0.05, 0) is 26.2 Å². The number of aromatic amines is 1. The second kappa shape index (κ2) is 9.62. The van der Waals surface area contributed by atoms with E-state index in [1.54, 1.807) is 0 Å². The summed E-state index contributed by atoms with van der Waals surface area (Å²) in [5.41, 5.74) is -0.932. The number of H-pyrrole nitrogens is 1. The summed E-state index contributed by atoms with van der Waals surface area (Å²) in [6.45, 7) is 1.06. The van der Waals surface area contributed by atoms with E-state index in [0.29, 0.717) is 24.8 Å². The molecule has 1 aromatic carbocycles. The number of benzene rings is 1. The number of aryl methyl sites for hydroxylation is 1. The Bertz CT molecular complexity index is 1210. The van der Waals surface area contributed by atoms with E-state index < -0.39 is 22.3 Å². The Morgan fingerprint density at radius 3 is 2.62 bits per heavy atom. The fraction of sp³-hybridized carbons (Fsp3) is 0.421. The lowest BCUT2D eigenvalue weighted by Gasteiger charge is -2.16. The number of non-ortho nitro benzene ring substituents is 1. The van der Waals surface area contributed by atoms with E-state index in [1.165, 1.54) is 40.4 Å². The molecule has 0 radical (unpaired) electrons. The average Bonchev–Trinajstić information content (AvgIpc) is 3.09. The minimum atomic E-state index is -1.03. The second-order valence-corrected chi connectivity index (χ2v) is 7.48. The van der Waals surface area contributed by atoms with Gasteiger partial charge in [0.2, 0.25) is 5.95 Å². The molecule has 3 rings (SSSR count). The van der Waals surface area contributed by atoms with Gasteiger partial charge >= 0.3 is 5.69 Å². The van der Waals surface area contributed by atoms with Crippen LogP contribution in [0.2, 0.25) is 0 Å². The predicted molar refractivity (Wildman–Crippen MR) is 117 cm³/mol. The normalized spacial score (nSPS) is 12.3. The molecule has 2 heterocycles. The number of aliphatic hydroxyl groups is 1. The van der Waals surface area contributed by atoms with E-state index in [0.717, 1.165) is 0 Å².